The van der Waals surface area contributed by atoms with Crippen molar-refractivity contribution in [1.29, 1.82) is 0 Å². The molecular formula is C20H23FN4O. The number of aromatic nitrogens is 2. The van der Waals surface area contributed by atoms with Crippen molar-refractivity contribution in [3.05, 3.63) is 53.7 Å². The van der Waals surface area contributed by atoms with Crippen molar-refractivity contribution < 1.29 is 9.18 Å². The predicted octanol–water partition coefficient (Wildman–Crippen LogP) is 3.03. The standard InChI is InChI=1S/C20H23FN4O/c21-17-5-1-14(2-6-17)13-23-20(26)16-8-11-25(12-9-16)18-7-10-22-19(24-18)15-3-4-15/h1-2,5-7,10,15-16H,3-4,8-9,11-13H2,(H,23,26). The summed E-state index contributed by atoms with van der Waals surface area (Å²) in [5, 5.41) is 2.97. The molecule has 2 fully saturated rings. The van der Waals surface area contributed by atoms with Crippen molar-refractivity contribution in [2.24, 2.45) is 5.92 Å². The molecule has 1 saturated heterocycles. The Morgan fingerprint density at radius 3 is 2.54 bits per heavy atom. The molecule has 6 heteroatoms. The van der Waals surface area contributed by atoms with Crippen LogP contribution in [0.25, 0.3) is 0 Å². The molecule has 5 nitrogen and oxygen atoms in total. The topological polar surface area (TPSA) is 58.1 Å². The van der Waals surface area contributed by atoms with E-state index in [0.29, 0.717) is 12.5 Å². The van der Waals surface area contributed by atoms with Gasteiger partial charge in [-0.3, -0.25) is 4.79 Å². The first-order valence-electron chi connectivity index (χ1n) is 9.29. The van der Waals surface area contributed by atoms with Crippen molar-refractivity contribution >= 4 is 11.7 Å². The van der Waals surface area contributed by atoms with Crippen LogP contribution in [0.1, 0.15) is 43.0 Å². The number of carbonyl (C=O) groups excluding carboxylic acids is 1. The highest BCUT2D eigenvalue weighted by atomic mass is 19.1. The predicted molar refractivity (Wildman–Crippen MR) is 97.2 cm³/mol. The molecule has 1 aromatic carbocycles. The summed E-state index contributed by atoms with van der Waals surface area (Å²) in [6.07, 6.45) is 5.87. The Kier molecular flexibility index (Phi) is 4.82. The fraction of sp³-hybridized carbons (Fsp3) is 0.450. The molecule has 0 unspecified atom stereocenters. The van der Waals surface area contributed by atoms with Crippen LogP contribution < -0.4 is 10.2 Å². The van der Waals surface area contributed by atoms with Crippen LogP contribution in [0.4, 0.5) is 10.2 Å². The minimum atomic E-state index is -0.262. The summed E-state index contributed by atoms with van der Waals surface area (Å²) in [6.45, 7) is 2.10. The molecule has 2 heterocycles. The maximum atomic E-state index is 12.9. The second-order valence-electron chi connectivity index (χ2n) is 7.15. The van der Waals surface area contributed by atoms with E-state index >= 15 is 0 Å². The Morgan fingerprint density at radius 1 is 1.12 bits per heavy atom. The fourth-order valence-electron chi connectivity index (χ4n) is 3.38. The van der Waals surface area contributed by atoms with Gasteiger partial charge in [-0.25, -0.2) is 14.4 Å². The normalized spacial score (nSPS) is 18.0. The lowest BCUT2D eigenvalue weighted by molar-refractivity contribution is -0.125. The van der Waals surface area contributed by atoms with Gasteiger partial charge in [0.2, 0.25) is 5.91 Å². The lowest BCUT2D eigenvalue weighted by Crippen LogP contribution is -2.40. The number of benzene rings is 1. The molecule has 0 radical (unpaired) electrons. The Hall–Kier alpha value is -2.50. The number of anilines is 1. The van der Waals surface area contributed by atoms with Gasteiger partial charge in [-0.05, 0) is 49.4 Å². The smallest absolute Gasteiger partial charge is 0.223 e. The molecule has 2 aliphatic rings. The van der Waals surface area contributed by atoms with Crippen LogP contribution in [-0.4, -0.2) is 29.0 Å². The molecule has 1 saturated carbocycles. The van der Waals surface area contributed by atoms with Crippen LogP contribution >= 0.6 is 0 Å². The second kappa shape index (κ2) is 7.40. The molecule has 2 aromatic rings. The zero-order chi connectivity index (χ0) is 17.9. The summed E-state index contributed by atoms with van der Waals surface area (Å²) in [5.41, 5.74) is 0.908. The van der Waals surface area contributed by atoms with Gasteiger partial charge in [0.15, 0.2) is 0 Å². The van der Waals surface area contributed by atoms with Gasteiger partial charge >= 0.3 is 0 Å². The van der Waals surface area contributed by atoms with Gasteiger partial charge in [0, 0.05) is 37.7 Å². The zero-order valence-electron chi connectivity index (χ0n) is 14.7. The molecule has 4 rings (SSSR count). The second-order valence-corrected chi connectivity index (χ2v) is 7.15. The third kappa shape index (κ3) is 4.00. The largest absolute Gasteiger partial charge is 0.356 e. The maximum absolute atomic E-state index is 12.9. The number of halogens is 1. The van der Waals surface area contributed by atoms with Gasteiger partial charge in [0.1, 0.15) is 17.5 Å². The monoisotopic (exact) mass is 354 g/mol. The van der Waals surface area contributed by atoms with E-state index in [1.54, 1.807) is 12.1 Å². The number of hydrogen-bond donors (Lipinski definition) is 1. The van der Waals surface area contributed by atoms with Crippen LogP contribution in [-0.2, 0) is 11.3 Å². The summed E-state index contributed by atoms with van der Waals surface area (Å²) < 4.78 is 12.9. The lowest BCUT2D eigenvalue weighted by atomic mass is 9.96. The van der Waals surface area contributed by atoms with Crippen molar-refractivity contribution in [1.82, 2.24) is 15.3 Å². The van der Waals surface area contributed by atoms with Gasteiger partial charge in [-0.2, -0.15) is 0 Å². The first-order valence-corrected chi connectivity index (χ1v) is 9.29. The Labute approximate surface area is 152 Å². The average molecular weight is 354 g/mol. The van der Waals surface area contributed by atoms with Gasteiger partial charge in [0.05, 0.1) is 0 Å². The van der Waals surface area contributed by atoms with E-state index in [9.17, 15) is 9.18 Å². The molecule has 1 N–H and O–H groups in total. The summed E-state index contributed by atoms with van der Waals surface area (Å²) in [5.74, 6) is 2.33. The van der Waals surface area contributed by atoms with Gasteiger partial charge in [-0.1, -0.05) is 12.1 Å². The van der Waals surface area contributed by atoms with Gasteiger partial charge < -0.3 is 10.2 Å². The van der Waals surface area contributed by atoms with Crippen molar-refractivity contribution in [2.75, 3.05) is 18.0 Å². The fourth-order valence-corrected chi connectivity index (χ4v) is 3.38. The third-order valence-corrected chi connectivity index (χ3v) is 5.17. The van der Waals surface area contributed by atoms with Crippen molar-refractivity contribution in [3.8, 4) is 0 Å². The van der Waals surface area contributed by atoms with E-state index in [0.717, 1.165) is 43.1 Å². The van der Waals surface area contributed by atoms with Crippen LogP contribution in [0, 0.1) is 11.7 Å². The molecule has 0 atom stereocenters. The molecule has 1 aliphatic carbocycles. The van der Waals surface area contributed by atoms with Crippen LogP contribution in [0.3, 0.4) is 0 Å². The molecular weight excluding hydrogens is 331 g/mol. The number of rotatable bonds is 5. The lowest BCUT2D eigenvalue weighted by Gasteiger charge is -2.32. The number of nitrogens with one attached hydrogen (secondary N) is 1. The van der Waals surface area contributed by atoms with Gasteiger partial charge in [0.25, 0.3) is 0 Å². The highest BCUT2D eigenvalue weighted by molar-refractivity contribution is 5.79. The summed E-state index contributed by atoms with van der Waals surface area (Å²) in [7, 11) is 0. The van der Waals surface area contributed by atoms with Crippen LogP contribution in [0.2, 0.25) is 0 Å². The van der Waals surface area contributed by atoms with E-state index in [-0.39, 0.29) is 17.6 Å². The molecule has 136 valence electrons. The SMILES string of the molecule is O=C(NCc1ccc(F)cc1)C1CCN(c2ccnc(C3CC3)n2)CC1. The Balaban J connectivity index is 1.28. The van der Waals surface area contributed by atoms with Gasteiger partial charge in [-0.15, -0.1) is 0 Å². The summed E-state index contributed by atoms with van der Waals surface area (Å²) in [4.78, 5) is 23.7. The number of piperidine rings is 1. The molecule has 0 spiro atoms. The third-order valence-electron chi connectivity index (χ3n) is 5.17. The number of carbonyl (C=O) groups is 1. The summed E-state index contributed by atoms with van der Waals surface area (Å²) in [6, 6.07) is 8.19. The maximum Gasteiger partial charge on any atom is 0.223 e. The van der Waals surface area contributed by atoms with Crippen LogP contribution in [0.15, 0.2) is 36.5 Å². The molecule has 1 aliphatic heterocycles. The Bertz CT molecular complexity index is 768. The average Bonchev–Trinajstić information content (AvgIpc) is 3.53. The van der Waals surface area contributed by atoms with E-state index < -0.39 is 0 Å². The van der Waals surface area contributed by atoms with Crippen molar-refractivity contribution in [3.63, 3.8) is 0 Å². The first kappa shape index (κ1) is 16.9. The highest BCUT2D eigenvalue weighted by Gasteiger charge is 2.29. The van der Waals surface area contributed by atoms with E-state index in [1.165, 1.54) is 25.0 Å². The van der Waals surface area contributed by atoms with Crippen LogP contribution in [0.5, 0.6) is 0 Å². The zero-order valence-corrected chi connectivity index (χ0v) is 14.7. The minimum absolute atomic E-state index is 0.0245. The number of amides is 1. The van der Waals surface area contributed by atoms with E-state index in [2.05, 4.69) is 15.2 Å². The van der Waals surface area contributed by atoms with E-state index in [1.807, 2.05) is 12.3 Å². The van der Waals surface area contributed by atoms with Crippen molar-refractivity contribution in [2.45, 2.75) is 38.1 Å². The molecule has 26 heavy (non-hydrogen) atoms. The first-order chi connectivity index (χ1) is 12.7. The number of hydrogen-bond acceptors (Lipinski definition) is 4. The Morgan fingerprint density at radius 2 is 1.85 bits per heavy atom. The highest BCUT2D eigenvalue weighted by Crippen LogP contribution is 2.38. The molecule has 1 amide bonds. The van der Waals surface area contributed by atoms with E-state index in [4.69, 9.17) is 4.98 Å². The minimum Gasteiger partial charge on any atom is -0.356 e. The molecule has 0 bridgehead atoms. The molecule has 1 aromatic heterocycles. The summed E-state index contributed by atoms with van der Waals surface area (Å²) >= 11 is 0. The number of nitrogens with zero attached hydrogens (tertiary/aromatic N) is 3. The quantitative estimate of drug-likeness (QED) is 0.897.